The van der Waals surface area contributed by atoms with E-state index in [1.807, 2.05) is 0 Å². The second-order valence-corrected chi connectivity index (χ2v) is 3.11. The van der Waals surface area contributed by atoms with E-state index in [1.165, 1.54) is 12.1 Å². The molecule has 0 saturated carbocycles. The SMILES string of the molecule is O=S(O)c1ccc(Cl)cc1.[H-].[Na+]. The van der Waals surface area contributed by atoms with Crippen molar-refractivity contribution in [3.05, 3.63) is 29.3 Å². The van der Waals surface area contributed by atoms with E-state index in [2.05, 4.69) is 0 Å². The Morgan fingerprint density at radius 2 is 1.82 bits per heavy atom. The molecule has 0 saturated heterocycles. The zero-order valence-corrected chi connectivity index (χ0v) is 9.52. The van der Waals surface area contributed by atoms with Crippen molar-refractivity contribution in [2.75, 3.05) is 0 Å². The molecule has 0 aliphatic carbocycles. The predicted molar refractivity (Wildman–Crippen MR) is 41.6 cm³/mol. The van der Waals surface area contributed by atoms with Gasteiger partial charge in [-0.05, 0) is 24.3 Å². The maximum Gasteiger partial charge on any atom is 1.00 e. The number of rotatable bonds is 1. The molecule has 1 unspecified atom stereocenters. The van der Waals surface area contributed by atoms with Gasteiger partial charge in [0.05, 0.1) is 4.90 Å². The molecule has 0 bridgehead atoms. The van der Waals surface area contributed by atoms with Crippen LogP contribution in [0.25, 0.3) is 0 Å². The van der Waals surface area contributed by atoms with Crippen LogP contribution in [0.3, 0.4) is 0 Å². The Morgan fingerprint density at radius 1 is 1.36 bits per heavy atom. The quantitative estimate of drug-likeness (QED) is 0.468. The zero-order valence-electron chi connectivity index (χ0n) is 6.95. The molecule has 1 rings (SSSR count). The third-order valence-corrected chi connectivity index (χ3v) is 1.94. The van der Waals surface area contributed by atoms with Crippen LogP contribution in [0.1, 0.15) is 1.43 Å². The number of hydrogen-bond acceptors (Lipinski definition) is 1. The van der Waals surface area contributed by atoms with E-state index in [0.717, 1.165) is 0 Å². The molecule has 5 heteroatoms. The summed E-state index contributed by atoms with van der Waals surface area (Å²) in [6.07, 6.45) is 0. The minimum atomic E-state index is -1.90. The van der Waals surface area contributed by atoms with Crippen molar-refractivity contribution in [1.82, 2.24) is 0 Å². The summed E-state index contributed by atoms with van der Waals surface area (Å²) in [5.41, 5.74) is 0. The van der Waals surface area contributed by atoms with E-state index in [-0.39, 0.29) is 31.0 Å². The van der Waals surface area contributed by atoms with Gasteiger partial charge in [0.15, 0.2) is 11.1 Å². The molecule has 1 aromatic rings. The van der Waals surface area contributed by atoms with E-state index in [1.54, 1.807) is 12.1 Å². The molecule has 0 fully saturated rings. The van der Waals surface area contributed by atoms with Crippen LogP contribution in [0, 0.1) is 0 Å². The molecule has 0 spiro atoms. The van der Waals surface area contributed by atoms with Crippen molar-refractivity contribution in [1.29, 1.82) is 0 Å². The predicted octanol–water partition coefficient (Wildman–Crippen LogP) is -0.963. The first-order chi connectivity index (χ1) is 4.70. The van der Waals surface area contributed by atoms with Crippen molar-refractivity contribution < 1.29 is 39.7 Å². The Morgan fingerprint density at radius 3 is 2.18 bits per heavy atom. The van der Waals surface area contributed by atoms with Crippen molar-refractivity contribution in [2.45, 2.75) is 4.90 Å². The fraction of sp³-hybridized carbons (Fsp3) is 0. The summed E-state index contributed by atoms with van der Waals surface area (Å²) in [7, 11) is 0. The van der Waals surface area contributed by atoms with Gasteiger partial charge in [-0.15, -0.1) is 0 Å². The van der Waals surface area contributed by atoms with Crippen molar-refractivity contribution >= 4 is 22.7 Å². The van der Waals surface area contributed by atoms with Crippen molar-refractivity contribution in [2.24, 2.45) is 0 Å². The molecule has 2 nitrogen and oxygen atoms in total. The standard InChI is InChI=1S/C6H5ClO2S.Na.H/c7-5-1-3-6(4-2-5)10(8)9;;/h1-4H,(H,8,9);;/q;+1;-1. The normalized spacial score (nSPS) is 11.8. The van der Waals surface area contributed by atoms with Gasteiger partial charge < -0.3 is 5.98 Å². The van der Waals surface area contributed by atoms with Gasteiger partial charge in [0.2, 0.25) is 0 Å². The first-order valence-electron chi connectivity index (χ1n) is 2.56. The van der Waals surface area contributed by atoms with Crippen LogP contribution in [-0.4, -0.2) is 8.76 Å². The maximum atomic E-state index is 10.4. The monoisotopic (exact) mass is 200 g/mol. The van der Waals surface area contributed by atoms with E-state index in [9.17, 15) is 4.21 Å². The summed E-state index contributed by atoms with van der Waals surface area (Å²) >= 11 is 3.64. The topological polar surface area (TPSA) is 37.3 Å². The largest absolute Gasteiger partial charge is 1.00 e. The Balaban J connectivity index is 0. The van der Waals surface area contributed by atoms with Gasteiger partial charge in [0.1, 0.15) is 0 Å². The third kappa shape index (κ3) is 3.69. The first-order valence-corrected chi connectivity index (χ1v) is 4.05. The zero-order chi connectivity index (χ0) is 7.56. The molecule has 1 N–H and O–H groups in total. The van der Waals surface area contributed by atoms with Gasteiger partial charge in [-0.1, -0.05) is 11.6 Å². The minimum Gasteiger partial charge on any atom is -1.00 e. The second kappa shape index (κ2) is 5.30. The van der Waals surface area contributed by atoms with E-state index < -0.39 is 11.1 Å². The molecular weight excluding hydrogens is 195 g/mol. The van der Waals surface area contributed by atoms with E-state index in [4.69, 9.17) is 16.2 Å². The average Bonchev–Trinajstić information content (AvgIpc) is 1.88. The van der Waals surface area contributed by atoms with E-state index >= 15 is 0 Å². The summed E-state index contributed by atoms with van der Waals surface area (Å²) in [5.74, 6) is 0. The van der Waals surface area contributed by atoms with Crippen molar-refractivity contribution in [3.63, 3.8) is 0 Å². The number of hydrogen-bond donors (Lipinski definition) is 1. The van der Waals surface area contributed by atoms with Crippen molar-refractivity contribution in [3.8, 4) is 0 Å². The Hall–Kier alpha value is 0.620. The Kier molecular flexibility index (Phi) is 5.60. The molecule has 0 heterocycles. The van der Waals surface area contributed by atoms with Crippen LogP contribution < -0.4 is 29.6 Å². The molecule has 0 aliphatic rings. The molecule has 0 amide bonds. The van der Waals surface area contributed by atoms with Gasteiger partial charge in [-0.2, -0.15) is 0 Å². The van der Waals surface area contributed by atoms with Crippen LogP contribution >= 0.6 is 11.6 Å². The summed E-state index contributed by atoms with van der Waals surface area (Å²) in [4.78, 5) is 0.365. The Labute approximate surface area is 96.0 Å². The molecule has 1 aromatic carbocycles. The van der Waals surface area contributed by atoms with Crippen LogP contribution in [-0.2, 0) is 11.1 Å². The molecule has 1 atom stereocenters. The summed E-state index contributed by atoms with van der Waals surface area (Å²) in [6, 6.07) is 6.17. The van der Waals surface area contributed by atoms with Gasteiger partial charge >= 0.3 is 29.6 Å². The van der Waals surface area contributed by atoms with Gasteiger partial charge in [0.25, 0.3) is 0 Å². The number of halogens is 1. The molecule has 56 valence electrons. The summed E-state index contributed by atoms with van der Waals surface area (Å²) in [5, 5.41) is 0.564. The molecular formula is C6H6ClNaO2S. The van der Waals surface area contributed by atoms with Gasteiger partial charge in [0, 0.05) is 5.02 Å². The fourth-order valence-electron chi connectivity index (χ4n) is 0.551. The third-order valence-electron chi connectivity index (χ3n) is 1.02. The summed E-state index contributed by atoms with van der Waals surface area (Å²) in [6.45, 7) is 0. The first kappa shape index (κ1) is 11.6. The van der Waals surface area contributed by atoms with Crippen LogP contribution in [0.15, 0.2) is 29.2 Å². The maximum absolute atomic E-state index is 10.4. The molecule has 0 aliphatic heterocycles. The number of benzene rings is 1. The second-order valence-electron chi connectivity index (χ2n) is 1.70. The fourth-order valence-corrected chi connectivity index (χ4v) is 1.05. The molecule has 0 aromatic heterocycles. The van der Waals surface area contributed by atoms with Crippen LogP contribution in [0.2, 0.25) is 5.02 Å². The smallest absolute Gasteiger partial charge is 1.00 e. The van der Waals surface area contributed by atoms with E-state index in [0.29, 0.717) is 9.92 Å². The average molecular weight is 201 g/mol. The molecule has 11 heavy (non-hydrogen) atoms. The van der Waals surface area contributed by atoms with Gasteiger partial charge in [-0.25, -0.2) is 4.21 Å². The molecule has 0 radical (unpaired) electrons. The van der Waals surface area contributed by atoms with Crippen LogP contribution in [0.4, 0.5) is 0 Å². The summed E-state index contributed by atoms with van der Waals surface area (Å²) < 4.78 is 18.9. The van der Waals surface area contributed by atoms with Gasteiger partial charge in [-0.3, -0.25) is 0 Å². The Bertz CT molecular complexity index is 254. The minimum absolute atomic E-state index is 0. The van der Waals surface area contributed by atoms with Crippen LogP contribution in [0.5, 0.6) is 0 Å².